The lowest BCUT2D eigenvalue weighted by Gasteiger charge is -2.34. The van der Waals surface area contributed by atoms with Gasteiger partial charge in [-0.3, -0.25) is 0 Å². The van der Waals surface area contributed by atoms with Crippen LogP contribution in [0.2, 0.25) is 0 Å². The predicted molar refractivity (Wildman–Crippen MR) is 102 cm³/mol. The van der Waals surface area contributed by atoms with Gasteiger partial charge in [0, 0.05) is 29.1 Å². The van der Waals surface area contributed by atoms with Crippen molar-refractivity contribution < 1.29 is 13.5 Å². The summed E-state index contributed by atoms with van der Waals surface area (Å²) in [4.78, 5) is 1.03. The van der Waals surface area contributed by atoms with E-state index in [0.717, 1.165) is 29.8 Å². The number of piperidine rings is 1. The summed E-state index contributed by atoms with van der Waals surface area (Å²) in [5.74, 6) is 0.241. The fraction of sp³-hybridized carbons (Fsp3) is 0.400. The summed E-state index contributed by atoms with van der Waals surface area (Å²) in [6, 6.07) is 16.1. The number of nitrogens with one attached hydrogen (secondary N) is 2. The van der Waals surface area contributed by atoms with Crippen molar-refractivity contribution in [3.63, 3.8) is 0 Å². The highest BCUT2D eigenvalue weighted by molar-refractivity contribution is 7.98. The van der Waals surface area contributed by atoms with Gasteiger partial charge in [-0.2, -0.15) is 8.78 Å². The Kier molecular flexibility index (Phi) is 6.88. The minimum absolute atomic E-state index is 0.216. The molecule has 1 heterocycles. The molecule has 26 heavy (non-hydrogen) atoms. The molecule has 1 fully saturated rings. The number of alkyl halides is 2. The fourth-order valence-corrected chi connectivity index (χ4v) is 3.86. The van der Waals surface area contributed by atoms with Crippen LogP contribution in [0, 0.1) is 0 Å². The van der Waals surface area contributed by atoms with E-state index in [4.69, 9.17) is 4.74 Å². The Hall–Kier alpha value is -1.63. The van der Waals surface area contributed by atoms with Crippen LogP contribution in [0.25, 0.3) is 0 Å². The first-order valence-corrected chi connectivity index (χ1v) is 10.0. The topological polar surface area (TPSA) is 33.3 Å². The molecule has 2 aromatic carbocycles. The van der Waals surface area contributed by atoms with Crippen molar-refractivity contribution in [1.82, 2.24) is 10.6 Å². The smallest absolute Gasteiger partial charge is 0.387 e. The maximum absolute atomic E-state index is 12.7. The molecule has 6 heteroatoms. The molecule has 2 N–H and O–H groups in total. The Morgan fingerprint density at radius 2 is 2.04 bits per heavy atom. The highest BCUT2D eigenvalue weighted by Crippen LogP contribution is 2.28. The van der Waals surface area contributed by atoms with Gasteiger partial charge in [0.1, 0.15) is 5.75 Å². The van der Waals surface area contributed by atoms with E-state index in [1.54, 1.807) is 23.9 Å². The highest BCUT2D eigenvalue weighted by Gasteiger charge is 2.26. The molecule has 0 radical (unpaired) electrons. The van der Waals surface area contributed by atoms with Gasteiger partial charge in [0.05, 0.1) is 0 Å². The zero-order valence-corrected chi connectivity index (χ0v) is 15.6. The number of thioether (sulfide) groups is 1. The molecule has 1 aliphatic heterocycles. The third-order valence-electron chi connectivity index (χ3n) is 4.66. The third-order valence-corrected chi connectivity index (χ3v) is 5.38. The standard InChI is InChI=1S/C20H24F2N2OS/c1-26-16-9-10-18(25-20(21)22)15(12-16)13-24-17-8-5-11-23-19(17)14-6-3-2-4-7-14/h2-4,6-7,9-10,12,17,19-20,23-24H,5,8,11,13H2,1H3/t17-,19-/m0/s1. The molecule has 1 saturated heterocycles. The van der Waals surface area contributed by atoms with Gasteiger partial charge in [-0.1, -0.05) is 30.3 Å². The van der Waals surface area contributed by atoms with E-state index in [2.05, 4.69) is 22.8 Å². The van der Waals surface area contributed by atoms with Crippen molar-refractivity contribution in [3.05, 3.63) is 59.7 Å². The first-order valence-electron chi connectivity index (χ1n) is 8.81. The summed E-state index contributed by atoms with van der Waals surface area (Å²) in [5.41, 5.74) is 2.00. The summed E-state index contributed by atoms with van der Waals surface area (Å²) in [5, 5.41) is 7.13. The summed E-state index contributed by atoms with van der Waals surface area (Å²) in [7, 11) is 0. The van der Waals surface area contributed by atoms with Gasteiger partial charge in [0.25, 0.3) is 0 Å². The molecule has 3 rings (SSSR count). The third kappa shape index (κ3) is 4.96. The van der Waals surface area contributed by atoms with Crippen LogP contribution >= 0.6 is 11.8 Å². The average Bonchev–Trinajstić information content (AvgIpc) is 2.67. The highest BCUT2D eigenvalue weighted by atomic mass is 32.2. The maximum atomic E-state index is 12.7. The van der Waals surface area contributed by atoms with Gasteiger partial charge >= 0.3 is 6.61 Å². The van der Waals surface area contributed by atoms with E-state index in [-0.39, 0.29) is 17.8 Å². The largest absolute Gasteiger partial charge is 0.434 e. The Balaban J connectivity index is 1.74. The SMILES string of the molecule is CSc1ccc(OC(F)F)c(CN[C@H]2CCCN[C@H]2c2ccccc2)c1. The van der Waals surface area contributed by atoms with Crippen LogP contribution in [0.3, 0.4) is 0 Å². The summed E-state index contributed by atoms with van der Waals surface area (Å²) < 4.78 is 30.1. The Morgan fingerprint density at radius 1 is 1.23 bits per heavy atom. The predicted octanol–water partition coefficient (Wildman–Crippen LogP) is 4.59. The van der Waals surface area contributed by atoms with E-state index in [0.29, 0.717) is 6.54 Å². The second-order valence-corrected chi connectivity index (χ2v) is 7.20. The zero-order chi connectivity index (χ0) is 18.4. The lowest BCUT2D eigenvalue weighted by Crippen LogP contribution is -2.45. The maximum Gasteiger partial charge on any atom is 0.387 e. The van der Waals surface area contributed by atoms with Gasteiger partial charge in [0.15, 0.2) is 0 Å². The molecule has 1 aliphatic rings. The minimum Gasteiger partial charge on any atom is -0.434 e. The molecule has 0 aromatic heterocycles. The van der Waals surface area contributed by atoms with Crippen molar-refractivity contribution in [2.75, 3.05) is 12.8 Å². The first kappa shape index (κ1) is 19.1. The van der Waals surface area contributed by atoms with Crippen molar-refractivity contribution in [3.8, 4) is 5.75 Å². The average molecular weight is 378 g/mol. The van der Waals surface area contributed by atoms with Crippen LogP contribution in [0.4, 0.5) is 8.78 Å². The second kappa shape index (κ2) is 9.35. The molecule has 0 aliphatic carbocycles. The Bertz CT molecular complexity index is 699. The molecule has 140 valence electrons. The molecule has 0 spiro atoms. The van der Waals surface area contributed by atoms with Crippen LogP contribution in [0.1, 0.15) is 30.0 Å². The molecule has 3 nitrogen and oxygen atoms in total. The van der Waals surface area contributed by atoms with Gasteiger partial charge in [-0.05, 0) is 49.4 Å². The molecule has 0 unspecified atom stereocenters. The van der Waals surface area contributed by atoms with Crippen molar-refractivity contribution in [2.24, 2.45) is 0 Å². The quantitative estimate of drug-likeness (QED) is 0.691. The summed E-state index contributed by atoms with van der Waals surface area (Å²) in [6.45, 7) is -1.34. The van der Waals surface area contributed by atoms with Crippen LogP contribution in [-0.2, 0) is 6.54 Å². The number of rotatable bonds is 7. The van der Waals surface area contributed by atoms with Crippen molar-refractivity contribution >= 4 is 11.8 Å². The Morgan fingerprint density at radius 3 is 2.77 bits per heavy atom. The number of hydrogen-bond acceptors (Lipinski definition) is 4. The van der Waals surface area contributed by atoms with Gasteiger partial charge in [0.2, 0.25) is 0 Å². The van der Waals surface area contributed by atoms with Crippen LogP contribution in [0.5, 0.6) is 5.75 Å². The number of benzene rings is 2. The molecular formula is C20H24F2N2OS. The van der Waals surface area contributed by atoms with Crippen LogP contribution in [0.15, 0.2) is 53.4 Å². The number of ether oxygens (including phenoxy) is 1. The monoisotopic (exact) mass is 378 g/mol. The van der Waals surface area contributed by atoms with E-state index < -0.39 is 6.61 Å². The van der Waals surface area contributed by atoms with Crippen molar-refractivity contribution in [2.45, 2.75) is 43.0 Å². The second-order valence-electron chi connectivity index (χ2n) is 6.32. The molecule has 2 aromatic rings. The molecule has 0 bridgehead atoms. The number of hydrogen-bond donors (Lipinski definition) is 2. The van der Waals surface area contributed by atoms with Crippen LogP contribution < -0.4 is 15.4 Å². The summed E-state index contributed by atoms with van der Waals surface area (Å²) in [6.07, 6.45) is 4.10. The molecule has 2 atom stereocenters. The first-order chi connectivity index (χ1) is 12.7. The lowest BCUT2D eigenvalue weighted by atomic mass is 9.92. The van der Waals surface area contributed by atoms with E-state index in [9.17, 15) is 8.78 Å². The van der Waals surface area contributed by atoms with Gasteiger partial charge in [-0.25, -0.2) is 0 Å². The fourth-order valence-electron chi connectivity index (χ4n) is 3.39. The van der Waals surface area contributed by atoms with Crippen LogP contribution in [-0.4, -0.2) is 25.5 Å². The molecular weight excluding hydrogens is 354 g/mol. The lowest BCUT2D eigenvalue weighted by molar-refractivity contribution is -0.0505. The summed E-state index contributed by atoms with van der Waals surface area (Å²) >= 11 is 1.59. The van der Waals surface area contributed by atoms with E-state index >= 15 is 0 Å². The Labute approximate surface area is 157 Å². The number of halogens is 2. The zero-order valence-electron chi connectivity index (χ0n) is 14.8. The van der Waals surface area contributed by atoms with E-state index in [1.165, 1.54) is 5.56 Å². The van der Waals surface area contributed by atoms with Crippen molar-refractivity contribution in [1.29, 1.82) is 0 Å². The van der Waals surface area contributed by atoms with Gasteiger partial charge < -0.3 is 15.4 Å². The normalized spacial score (nSPS) is 20.3. The minimum atomic E-state index is -2.82. The van der Waals surface area contributed by atoms with E-state index in [1.807, 2.05) is 30.5 Å². The van der Waals surface area contributed by atoms with Gasteiger partial charge in [-0.15, -0.1) is 11.8 Å². The molecule has 0 amide bonds. The molecule has 0 saturated carbocycles.